The number of aryl methyl sites for hydroxylation is 1. The number of H-pyrrole nitrogens is 1. The van der Waals surface area contributed by atoms with E-state index in [4.69, 9.17) is 10.5 Å². The van der Waals surface area contributed by atoms with E-state index >= 15 is 4.39 Å². The minimum absolute atomic E-state index is 0.181. The van der Waals surface area contributed by atoms with Crippen molar-refractivity contribution in [3.8, 4) is 0 Å². The van der Waals surface area contributed by atoms with Gasteiger partial charge in [0.15, 0.2) is 0 Å². The molecule has 170 valence electrons. The first kappa shape index (κ1) is 21.0. The number of rotatable bonds is 2. The van der Waals surface area contributed by atoms with Gasteiger partial charge in [0.25, 0.3) is 5.91 Å². The van der Waals surface area contributed by atoms with Gasteiger partial charge in [0, 0.05) is 29.7 Å². The first-order chi connectivity index (χ1) is 15.1. The topological polar surface area (TPSA) is 88.4 Å². The number of primary amides is 1. The first-order valence-corrected chi connectivity index (χ1v) is 11.4. The molecule has 0 radical (unpaired) electrons. The smallest absolute Gasteiger partial charge is 0.410 e. The van der Waals surface area contributed by atoms with Gasteiger partial charge in [-0.15, -0.1) is 0 Å². The zero-order chi connectivity index (χ0) is 22.8. The summed E-state index contributed by atoms with van der Waals surface area (Å²) in [6, 6.07) is 1.24. The van der Waals surface area contributed by atoms with E-state index in [1.165, 1.54) is 18.9 Å². The van der Waals surface area contributed by atoms with Crippen LogP contribution < -0.4 is 5.73 Å². The van der Waals surface area contributed by atoms with Crippen molar-refractivity contribution in [3.05, 3.63) is 40.3 Å². The molecule has 2 aliphatic carbocycles. The highest BCUT2D eigenvalue weighted by Crippen LogP contribution is 2.56. The van der Waals surface area contributed by atoms with Crippen LogP contribution >= 0.6 is 0 Å². The molecule has 0 unspecified atom stereocenters. The maximum atomic E-state index is 15.6. The minimum atomic E-state index is -0.645. The van der Waals surface area contributed by atoms with Crippen LogP contribution in [0.3, 0.4) is 0 Å². The number of nitrogens with two attached hydrogens (primary N) is 1. The standard InChI is InChI=1S/C25H30FN3O3/c1-24(2,3)32-23(31)29-10-4-5-14(13-29)19-17(26)11-15(22(27)30)21-20(19)16-12-25(8-9-25)7-6-18(16)28-21/h5,11,28H,4,6-10,12-13H2,1-3H3,(H2,27,30). The van der Waals surface area contributed by atoms with Crippen molar-refractivity contribution in [3.63, 3.8) is 0 Å². The van der Waals surface area contributed by atoms with Crippen LogP contribution in [0.15, 0.2) is 12.1 Å². The molecule has 1 spiro atoms. The summed E-state index contributed by atoms with van der Waals surface area (Å²) in [7, 11) is 0. The summed E-state index contributed by atoms with van der Waals surface area (Å²) < 4.78 is 21.1. The number of aromatic amines is 1. The summed E-state index contributed by atoms with van der Waals surface area (Å²) >= 11 is 0. The summed E-state index contributed by atoms with van der Waals surface area (Å²) in [5, 5.41) is 0.761. The molecule has 2 heterocycles. The van der Waals surface area contributed by atoms with Crippen LogP contribution in [0.4, 0.5) is 9.18 Å². The molecule has 1 fully saturated rings. The van der Waals surface area contributed by atoms with Crippen molar-refractivity contribution in [2.24, 2.45) is 11.1 Å². The largest absolute Gasteiger partial charge is 0.444 e. The molecule has 1 aromatic carbocycles. The van der Waals surface area contributed by atoms with Crippen LogP contribution in [-0.4, -0.2) is 40.6 Å². The molecule has 3 N–H and O–H groups in total. The number of nitrogens with zero attached hydrogens (tertiary/aromatic N) is 1. The number of hydrogen-bond donors (Lipinski definition) is 2. The quantitative estimate of drug-likeness (QED) is 0.711. The second kappa shape index (κ2) is 7.09. The Labute approximate surface area is 187 Å². The van der Waals surface area contributed by atoms with Gasteiger partial charge < -0.3 is 20.4 Å². The summed E-state index contributed by atoms with van der Waals surface area (Å²) in [5.74, 6) is -1.12. The van der Waals surface area contributed by atoms with Crippen molar-refractivity contribution < 1.29 is 18.7 Å². The van der Waals surface area contributed by atoms with Gasteiger partial charge in [-0.2, -0.15) is 0 Å². The van der Waals surface area contributed by atoms with E-state index in [2.05, 4.69) is 4.98 Å². The molecule has 2 amide bonds. The highest BCUT2D eigenvalue weighted by Gasteiger charge is 2.46. The molecular formula is C25H30FN3O3. The molecular weight excluding hydrogens is 409 g/mol. The van der Waals surface area contributed by atoms with E-state index < -0.39 is 23.4 Å². The van der Waals surface area contributed by atoms with E-state index in [0.29, 0.717) is 29.5 Å². The number of halogens is 1. The van der Waals surface area contributed by atoms with Crippen LogP contribution in [0, 0.1) is 11.2 Å². The third-order valence-electron chi connectivity index (χ3n) is 7.02. The number of amides is 2. The molecule has 6 nitrogen and oxygen atoms in total. The molecule has 0 saturated heterocycles. The third-order valence-corrected chi connectivity index (χ3v) is 7.02. The minimum Gasteiger partial charge on any atom is -0.444 e. The molecule has 7 heteroatoms. The summed E-state index contributed by atoms with van der Waals surface area (Å²) in [6.07, 6.45) is 7.50. The van der Waals surface area contributed by atoms with Gasteiger partial charge in [0.05, 0.1) is 11.1 Å². The lowest BCUT2D eigenvalue weighted by Crippen LogP contribution is -2.39. The van der Waals surface area contributed by atoms with E-state index in [9.17, 15) is 9.59 Å². The van der Waals surface area contributed by atoms with Gasteiger partial charge in [0.1, 0.15) is 11.4 Å². The van der Waals surface area contributed by atoms with Crippen LogP contribution in [0.2, 0.25) is 0 Å². The molecule has 1 aromatic heterocycles. The number of ether oxygens (including phenoxy) is 1. The fraction of sp³-hybridized carbons (Fsp3) is 0.520. The predicted molar refractivity (Wildman–Crippen MR) is 121 cm³/mol. The normalized spacial score (nSPS) is 19.6. The molecule has 1 saturated carbocycles. The average Bonchev–Trinajstić information content (AvgIpc) is 3.36. The molecule has 1 aliphatic heterocycles. The number of hydrogen-bond acceptors (Lipinski definition) is 3. The first-order valence-electron chi connectivity index (χ1n) is 11.4. The lowest BCUT2D eigenvalue weighted by molar-refractivity contribution is 0.0273. The highest BCUT2D eigenvalue weighted by molar-refractivity contribution is 6.09. The number of carbonyl (C=O) groups excluding carboxylic acids is 2. The zero-order valence-corrected chi connectivity index (χ0v) is 18.9. The molecule has 5 rings (SSSR count). The summed E-state index contributed by atoms with van der Waals surface area (Å²) in [5.41, 5.74) is 9.54. The van der Waals surface area contributed by atoms with Gasteiger partial charge in [-0.05, 0) is 81.9 Å². The second-order valence-electron chi connectivity index (χ2n) is 10.6. The molecule has 2 aromatic rings. The number of aromatic nitrogens is 1. The Bertz CT molecular complexity index is 1170. The second-order valence-corrected chi connectivity index (χ2v) is 10.6. The van der Waals surface area contributed by atoms with Crippen molar-refractivity contribution in [1.29, 1.82) is 0 Å². The Balaban J connectivity index is 1.61. The Morgan fingerprint density at radius 2 is 2.00 bits per heavy atom. The van der Waals surface area contributed by atoms with Crippen LogP contribution in [-0.2, 0) is 17.6 Å². The maximum absolute atomic E-state index is 15.6. The number of benzene rings is 1. The number of nitrogens with one attached hydrogen (secondary N) is 1. The zero-order valence-electron chi connectivity index (χ0n) is 18.9. The van der Waals surface area contributed by atoms with Crippen LogP contribution in [0.5, 0.6) is 0 Å². The van der Waals surface area contributed by atoms with E-state index in [1.54, 1.807) is 4.90 Å². The SMILES string of the molecule is CC(C)(C)OC(=O)N1CCC=C(c2c(F)cc(C(N)=O)c3[nH]c4c(c23)CC2(CC4)CC2)C1. The molecule has 0 bridgehead atoms. The van der Waals surface area contributed by atoms with Crippen LogP contribution in [0.1, 0.15) is 73.6 Å². The summed E-state index contributed by atoms with van der Waals surface area (Å²) in [4.78, 5) is 29.8. The maximum Gasteiger partial charge on any atom is 0.410 e. The summed E-state index contributed by atoms with van der Waals surface area (Å²) in [6.45, 7) is 6.28. The van der Waals surface area contributed by atoms with Gasteiger partial charge in [-0.1, -0.05) is 6.08 Å². The monoisotopic (exact) mass is 439 g/mol. The van der Waals surface area contributed by atoms with Gasteiger partial charge in [-0.25, -0.2) is 9.18 Å². The Morgan fingerprint density at radius 3 is 2.66 bits per heavy atom. The number of fused-ring (bicyclic) bond motifs is 3. The van der Waals surface area contributed by atoms with Crippen molar-refractivity contribution in [2.45, 2.75) is 64.9 Å². The molecule has 3 aliphatic rings. The van der Waals surface area contributed by atoms with E-state index in [1.807, 2.05) is 26.8 Å². The number of carbonyl (C=O) groups is 2. The predicted octanol–water partition coefficient (Wildman–Crippen LogP) is 4.70. The fourth-order valence-electron chi connectivity index (χ4n) is 5.24. The van der Waals surface area contributed by atoms with E-state index in [-0.39, 0.29) is 12.1 Å². The lowest BCUT2D eigenvalue weighted by Gasteiger charge is -2.31. The van der Waals surface area contributed by atoms with Gasteiger partial charge in [0.2, 0.25) is 0 Å². The van der Waals surface area contributed by atoms with Crippen molar-refractivity contribution >= 4 is 28.5 Å². The lowest BCUT2D eigenvalue weighted by atomic mass is 9.82. The Morgan fingerprint density at radius 1 is 1.25 bits per heavy atom. The third kappa shape index (κ3) is 3.57. The van der Waals surface area contributed by atoms with Crippen molar-refractivity contribution in [2.75, 3.05) is 13.1 Å². The van der Waals surface area contributed by atoms with Gasteiger partial charge in [-0.3, -0.25) is 4.79 Å². The van der Waals surface area contributed by atoms with Crippen molar-refractivity contribution in [1.82, 2.24) is 9.88 Å². The fourth-order valence-corrected chi connectivity index (χ4v) is 5.24. The van der Waals surface area contributed by atoms with Crippen LogP contribution in [0.25, 0.3) is 16.5 Å². The van der Waals surface area contributed by atoms with Gasteiger partial charge >= 0.3 is 6.09 Å². The molecule has 32 heavy (non-hydrogen) atoms. The van der Waals surface area contributed by atoms with E-state index in [0.717, 1.165) is 41.5 Å². The molecule has 0 atom stereocenters. The Hall–Kier alpha value is -2.83. The highest BCUT2D eigenvalue weighted by atomic mass is 19.1. The average molecular weight is 440 g/mol. The Kier molecular flexibility index (Phi) is 4.66.